The number of halogens is 3. The molecule has 0 radical (unpaired) electrons. The summed E-state index contributed by atoms with van der Waals surface area (Å²) in [4.78, 5) is 10.6. The normalized spacial score (nSPS) is 14.8. The summed E-state index contributed by atoms with van der Waals surface area (Å²) in [6, 6.07) is 6.75. The van der Waals surface area contributed by atoms with Gasteiger partial charge in [-0.2, -0.15) is 0 Å². The molecule has 1 rings (SSSR count). The van der Waals surface area contributed by atoms with Crippen LogP contribution in [0, 0.1) is 0 Å². The summed E-state index contributed by atoms with van der Waals surface area (Å²) in [6.07, 6.45) is 0. The Balaban J connectivity index is 2.94. The number of carboxylic acid groups (broad SMARTS) is 1. The second kappa shape index (κ2) is 4.87. The second-order valence-electron chi connectivity index (χ2n) is 2.66. The summed E-state index contributed by atoms with van der Waals surface area (Å²) in [5, 5.41) is 7.05. The zero-order valence-electron chi connectivity index (χ0n) is 6.95. The quantitative estimate of drug-likeness (QED) is 0.839. The van der Waals surface area contributed by atoms with E-state index in [2.05, 4.69) is 0 Å². The van der Waals surface area contributed by atoms with E-state index < -0.39 is 16.7 Å². The van der Waals surface area contributed by atoms with E-state index in [-0.39, 0.29) is 0 Å². The lowest BCUT2D eigenvalue weighted by Crippen LogP contribution is -2.18. The van der Waals surface area contributed by atoms with Gasteiger partial charge in [-0.3, -0.25) is 4.79 Å². The molecule has 0 aromatic heterocycles. The molecular formula is C9H7Cl3O2. The fourth-order valence-electron chi connectivity index (χ4n) is 0.982. The summed E-state index contributed by atoms with van der Waals surface area (Å²) >= 11 is 17.3. The summed E-state index contributed by atoms with van der Waals surface area (Å²) in [6.45, 7) is 0. The molecule has 0 amide bonds. The fraction of sp³-hybridized carbons (Fsp3) is 0.222. The number of hydrogen-bond donors (Lipinski definition) is 1. The van der Waals surface area contributed by atoms with E-state index in [0.717, 1.165) is 0 Å². The van der Waals surface area contributed by atoms with Crippen LogP contribution in [0.2, 0.25) is 5.02 Å². The molecule has 2 atom stereocenters. The third kappa shape index (κ3) is 2.53. The van der Waals surface area contributed by atoms with Crippen LogP contribution < -0.4 is 0 Å². The Hall–Kier alpha value is -0.440. The first-order valence-corrected chi connectivity index (χ1v) is 5.04. The average Bonchev–Trinajstić information content (AvgIpc) is 2.16. The van der Waals surface area contributed by atoms with E-state index in [4.69, 9.17) is 39.9 Å². The molecule has 0 heterocycles. The molecular weight excluding hydrogens is 246 g/mol. The third-order valence-electron chi connectivity index (χ3n) is 1.70. The number of carboxylic acids is 1. The predicted molar refractivity (Wildman–Crippen MR) is 57.3 cm³/mol. The molecule has 0 saturated heterocycles. The molecule has 5 heteroatoms. The van der Waals surface area contributed by atoms with E-state index in [1.807, 2.05) is 0 Å². The van der Waals surface area contributed by atoms with Crippen LogP contribution >= 0.6 is 34.8 Å². The molecule has 0 bridgehead atoms. The molecule has 76 valence electrons. The van der Waals surface area contributed by atoms with E-state index >= 15 is 0 Å². The van der Waals surface area contributed by atoms with Crippen LogP contribution in [-0.2, 0) is 4.79 Å². The molecule has 0 unspecified atom stereocenters. The maximum absolute atomic E-state index is 10.6. The predicted octanol–water partition coefficient (Wildman–Crippen LogP) is 3.31. The van der Waals surface area contributed by atoms with Crippen LogP contribution in [0.3, 0.4) is 0 Å². The maximum Gasteiger partial charge on any atom is 0.323 e. The summed E-state index contributed by atoms with van der Waals surface area (Å²) in [5.74, 6) is -1.16. The Morgan fingerprint density at radius 3 is 2.36 bits per heavy atom. The SMILES string of the molecule is O=C(O)[C@@H](Cl)[C@H](Cl)c1ccccc1Cl. The molecule has 0 aliphatic rings. The van der Waals surface area contributed by atoms with Crippen LogP contribution in [-0.4, -0.2) is 16.5 Å². The van der Waals surface area contributed by atoms with Crippen LogP contribution in [0.4, 0.5) is 0 Å². The lowest BCUT2D eigenvalue weighted by atomic mass is 10.1. The first-order chi connectivity index (χ1) is 6.54. The van der Waals surface area contributed by atoms with Gasteiger partial charge in [0.15, 0.2) is 5.38 Å². The molecule has 14 heavy (non-hydrogen) atoms. The van der Waals surface area contributed by atoms with E-state index in [9.17, 15) is 4.79 Å². The molecule has 0 aliphatic heterocycles. The highest BCUT2D eigenvalue weighted by Crippen LogP contribution is 2.32. The maximum atomic E-state index is 10.6. The van der Waals surface area contributed by atoms with Crippen molar-refractivity contribution in [2.24, 2.45) is 0 Å². The lowest BCUT2D eigenvalue weighted by Gasteiger charge is -2.13. The van der Waals surface area contributed by atoms with Crippen LogP contribution in [0.5, 0.6) is 0 Å². The smallest absolute Gasteiger partial charge is 0.323 e. The largest absolute Gasteiger partial charge is 0.480 e. The number of hydrogen-bond acceptors (Lipinski definition) is 1. The second-order valence-corrected chi connectivity index (χ2v) is 4.01. The molecule has 0 fully saturated rings. The van der Waals surface area contributed by atoms with Gasteiger partial charge in [-0.05, 0) is 11.6 Å². The van der Waals surface area contributed by atoms with Gasteiger partial charge >= 0.3 is 5.97 Å². The first-order valence-electron chi connectivity index (χ1n) is 3.79. The Bertz CT molecular complexity index is 341. The molecule has 2 nitrogen and oxygen atoms in total. The molecule has 1 aromatic carbocycles. The van der Waals surface area contributed by atoms with Crippen molar-refractivity contribution in [2.75, 3.05) is 0 Å². The monoisotopic (exact) mass is 252 g/mol. The van der Waals surface area contributed by atoms with Gasteiger partial charge in [0.1, 0.15) is 0 Å². The summed E-state index contributed by atoms with van der Waals surface area (Å²) in [7, 11) is 0. The van der Waals surface area contributed by atoms with Crippen LogP contribution in [0.15, 0.2) is 24.3 Å². The Labute approximate surface area is 96.4 Å². The Morgan fingerprint density at radius 1 is 1.29 bits per heavy atom. The topological polar surface area (TPSA) is 37.3 Å². The van der Waals surface area contributed by atoms with Gasteiger partial charge in [-0.1, -0.05) is 29.8 Å². The molecule has 0 saturated carbocycles. The van der Waals surface area contributed by atoms with Crippen molar-refractivity contribution in [3.05, 3.63) is 34.9 Å². The zero-order chi connectivity index (χ0) is 10.7. The Morgan fingerprint density at radius 2 is 1.86 bits per heavy atom. The highest BCUT2D eigenvalue weighted by molar-refractivity contribution is 6.38. The minimum absolute atomic E-state index is 0.416. The van der Waals surface area contributed by atoms with Crippen molar-refractivity contribution in [2.45, 2.75) is 10.8 Å². The summed E-state index contributed by atoms with van der Waals surface area (Å²) < 4.78 is 0. The van der Waals surface area contributed by atoms with Gasteiger partial charge < -0.3 is 5.11 Å². The highest BCUT2D eigenvalue weighted by Gasteiger charge is 2.26. The van der Waals surface area contributed by atoms with E-state index in [1.54, 1.807) is 24.3 Å². The third-order valence-corrected chi connectivity index (χ3v) is 3.09. The van der Waals surface area contributed by atoms with Gasteiger partial charge in [0.2, 0.25) is 0 Å². The van der Waals surface area contributed by atoms with Crippen LogP contribution in [0.25, 0.3) is 0 Å². The van der Waals surface area contributed by atoms with Crippen molar-refractivity contribution in [1.82, 2.24) is 0 Å². The molecule has 1 aromatic rings. The van der Waals surface area contributed by atoms with Gasteiger partial charge in [0, 0.05) is 5.02 Å². The van der Waals surface area contributed by atoms with E-state index in [0.29, 0.717) is 10.6 Å². The van der Waals surface area contributed by atoms with Crippen molar-refractivity contribution < 1.29 is 9.90 Å². The molecule has 1 N–H and O–H groups in total. The van der Waals surface area contributed by atoms with Gasteiger partial charge in [0.25, 0.3) is 0 Å². The van der Waals surface area contributed by atoms with Gasteiger partial charge in [0.05, 0.1) is 5.38 Å². The zero-order valence-corrected chi connectivity index (χ0v) is 9.22. The first kappa shape index (κ1) is 11.6. The lowest BCUT2D eigenvalue weighted by molar-refractivity contribution is -0.136. The standard InChI is InChI=1S/C9H7Cl3O2/c10-6-4-2-1-3-5(6)7(11)8(12)9(13)14/h1-4,7-8H,(H,13,14)/t7-,8+/m1/s1. The van der Waals surface area contributed by atoms with Crippen molar-refractivity contribution in [1.29, 1.82) is 0 Å². The number of benzene rings is 1. The van der Waals surface area contributed by atoms with Crippen LogP contribution in [0.1, 0.15) is 10.9 Å². The minimum atomic E-state index is -1.18. The van der Waals surface area contributed by atoms with Crippen molar-refractivity contribution in [3.63, 3.8) is 0 Å². The van der Waals surface area contributed by atoms with Crippen molar-refractivity contribution >= 4 is 40.8 Å². The number of alkyl halides is 2. The number of aliphatic carboxylic acids is 1. The molecule has 0 spiro atoms. The fourth-order valence-corrected chi connectivity index (χ4v) is 1.72. The minimum Gasteiger partial charge on any atom is -0.480 e. The average molecular weight is 254 g/mol. The van der Waals surface area contributed by atoms with Crippen molar-refractivity contribution in [3.8, 4) is 0 Å². The molecule has 0 aliphatic carbocycles. The summed E-state index contributed by atoms with van der Waals surface area (Å²) in [5.41, 5.74) is 0.526. The van der Waals surface area contributed by atoms with E-state index in [1.165, 1.54) is 0 Å². The van der Waals surface area contributed by atoms with Gasteiger partial charge in [-0.15, -0.1) is 23.2 Å². The Kier molecular flexibility index (Phi) is 4.05. The highest BCUT2D eigenvalue weighted by atomic mass is 35.5. The number of carbonyl (C=O) groups is 1. The number of rotatable bonds is 3. The van der Waals surface area contributed by atoms with Gasteiger partial charge in [-0.25, -0.2) is 0 Å².